The van der Waals surface area contributed by atoms with Gasteiger partial charge in [0, 0.05) is 6.08 Å². The van der Waals surface area contributed by atoms with Gasteiger partial charge >= 0.3 is 5.97 Å². The van der Waals surface area contributed by atoms with Gasteiger partial charge in [-0.05, 0) is 53.8 Å². The van der Waals surface area contributed by atoms with Gasteiger partial charge in [0.2, 0.25) is 11.5 Å². The lowest BCUT2D eigenvalue weighted by atomic mass is 10.0. The van der Waals surface area contributed by atoms with Crippen molar-refractivity contribution in [2.75, 3.05) is 13.2 Å². The van der Waals surface area contributed by atoms with Gasteiger partial charge in [0.25, 0.3) is 0 Å². The van der Waals surface area contributed by atoms with Crippen molar-refractivity contribution in [1.29, 1.82) is 0 Å². The zero-order valence-corrected chi connectivity index (χ0v) is 15.5. The van der Waals surface area contributed by atoms with Gasteiger partial charge in [-0.25, -0.2) is 4.79 Å². The molecule has 0 aliphatic rings. The summed E-state index contributed by atoms with van der Waals surface area (Å²) in [6, 6.07) is 12.9. The Kier molecular flexibility index (Phi) is 8.35. The number of carbonyl (C=O) groups is 1. The predicted octanol–water partition coefficient (Wildman–Crippen LogP) is 4.89. The number of rotatable bonds is 11. The molecule has 0 heterocycles. The summed E-state index contributed by atoms with van der Waals surface area (Å²) >= 11 is 0. The second kappa shape index (κ2) is 11.0. The molecule has 2 rings (SSSR count). The fraction of sp³-hybridized carbons (Fsp3) is 0.286. The van der Waals surface area contributed by atoms with Crippen molar-refractivity contribution in [3.8, 4) is 22.6 Å². The summed E-state index contributed by atoms with van der Waals surface area (Å²) in [6.45, 7) is 4.89. The van der Waals surface area contributed by atoms with E-state index in [1.165, 1.54) is 0 Å². The number of hydrogen-bond acceptors (Lipinski definition) is 5. The summed E-state index contributed by atoms with van der Waals surface area (Å²) in [5.74, 6) is -0.161. The third kappa shape index (κ3) is 6.77. The van der Waals surface area contributed by atoms with Crippen LogP contribution in [-0.2, 0) is 14.6 Å². The van der Waals surface area contributed by atoms with Crippen LogP contribution in [0.2, 0.25) is 0 Å². The van der Waals surface area contributed by atoms with Crippen LogP contribution in [0.1, 0.15) is 32.3 Å². The Morgan fingerprint density at radius 2 is 1.59 bits per heavy atom. The molecule has 0 unspecified atom stereocenters. The average Bonchev–Trinajstić information content (AvgIpc) is 2.68. The minimum atomic E-state index is -0.988. The van der Waals surface area contributed by atoms with Crippen molar-refractivity contribution >= 4 is 12.0 Å². The SMILES string of the molecule is CCCOOc1ccc(-c2cccc(/C=C/C(=O)O)c2)cc1OOCCC. The van der Waals surface area contributed by atoms with E-state index in [9.17, 15) is 4.79 Å². The van der Waals surface area contributed by atoms with Crippen molar-refractivity contribution in [3.63, 3.8) is 0 Å². The molecule has 0 fully saturated rings. The lowest BCUT2D eigenvalue weighted by molar-refractivity contribution is -0.228. The quantitative estimate of drug-likeness (QED) is 0.262. The molecule has 2 aromatic rings. The first-order valence-corrected chi connectivity index (χ1v) is 8.88. The lowest BCUT2D eigenvalue weighted by Crippen LogP contribution is -2.03. The van der Waals surface area contributed by atoms with Crippen LogP contribution in [0.5, 0.6) is 11.5 Å². The molecule has 6 nitrogen and oxygen atoms in total. The summed E-state index contributed by atoms with van der Waals surface area (Å²) in [6.07, 6.45) is 4.30. The number of carboxylic acid groups (broad SMARTS) is 1. The first-order valence-electron chi connectivity index (χ1n) is 8.88. The molecule has 1 N–H and O–H groups in total. The van der Waals surface area contributed by atoms with Crippen molar-refractivity contribution in [2.24, 2.45) is 0 Å². The van der Waals surface area contributed by atoms with Crippen LogP contribution in [0.15, 0.2) is 48.5 Å². The van der Waals surface area contributed by atoms with E-state index >= 15 is 0 Å². The van der Waals surface area contributed by atoms with Gasteiger partial charge in [0.15, 0.2) is 0 Å². The fourth-order valence-corrected chi connectivity index (χ4v) is 2.19. The number of carboxylic acids is 1. The van der Waals surface area contributed by atoms with Gasteiger partial charge in [-0.1, -0.05) is 38.1 Å². The monoisotopic (exact) mass is 372 g/mol. The lowest BCUT2D eigenvalue weighted by Gasteiger charge is -2.12. The third-order valence-corrected chi connectivity index (χ3v) is 3.45. The van der Waals surface area contributed by atoms with E-state index in [1.54, 1.807) is 18.2 Å². The Morgan fingerprint density at radius 1 is 0.926 bits per heavy atom. The summed E-state index contributed by atoms with van der Waals surface area (Å²) in [5.41, 5.74) is 2.56. The summed E-state index contributed by atoms with van der Waals surface area (Å²) in [7, 11) is 0. The van der Waals surface area contributed by atoms with E-state index in [2.05, 4.69) is 0 Å². The number of benzene rings is 2. The first-order chi connectivity index (χ1) is 13.1. The van der Waals surface area contributed by atoms with Gasteiger partial charge < -0.3 is 14.9 Å². The molecule has 0 amide bonds. The second-order valence-corrected chi connectivity index (χ2v) is 5.77. The maximum absolute atomic E-state index is 10.7. The summed E-state index contributed by atoms with van der Waals surface area (Å²) < 4.78 is 0. The highest BCUT2D eigenvalue weighted by Gasteiger charge is 2.11. The molecule has 0 saturated carbocycles. The van der Waals surface area contributed by atoms with Crippen LogP contribution in [0.25, 0.3) is 17.2 Å². The molecular weight excluding hydrogens is 348 g/mol. The first kappa shape index (κ1) is 20.5. The smallest absolute Gasteiger partial charge is 0.328 e. The van der Waals surface area contributed by atoms with E-state index in [0.717, 1.165) is 35.6 Å². The predicted molar refractivity (Wildman–Crippen MR) is 102 cm³/mol. The van der Waals surface area contributed by atoms with Gasteiger partial charge in [0.1, 0.15) is 0 Å². The van der Waals surface area contributed by atoms with Gasteiger partial charge in [0.05, 0.1) is 13.2 Å². The van der Waals surface area contributed by atoms with Crippen LogP contribution < -0.4 is 9.78 Å². The standard InChI is InChI=1S/C21H24O6/c1-3-12-24-26-19-10-9-18(15-20(19)27-25-13-4-2)17-7-5-6-16(14-17)8-11-21(22)23/h5-11,14-15H,3-4,12-13H2,1-2H3,(H,22,23)/b11-8+. The molecule has 27 heavy (non-hydrogen) atoms. The van der Waals surface area contributed by atoms with Gasteiger partial charge in [-0.3, -0.25) is 0 Å². The molecule has 144 valence electrons. The minimum absolute atomic E-state index is 0.406. The fourth-order valence-electron chi connectivity index (χ4n) is 2.19. The maximum atomic E-state index is 10.7. The van der Waals surface area contributed by atoms with Gasteiger partial charge in [-0.2, -0.15) is 9.78 Å². The Morgan fingerprint density at radius 3 is 2.26 bits per heavy atom. The highest BCUT2D eigenvalue weighted by Crippen LogP contribution is 2.33. The van der Waals surface area contributed by atoms with Crippen molar-refractivity contribution in [3.05, 3.63) is 54.1 Å². The molecule has 6 heteroatoms. The normalized spacial score (nSPS) is 10.9. The Balaban J connectivity index is 2.26. The van der Waals surface area contributed by atoms with Crippen LogP contribution in [0.3, 0.4) is 0 Å². The maximum Gasteiger partial charge on any atom is 0.328 e. The van der Waals surface area contributed by atoms with Crippen LogP contribution in [-0.4, -0.2) is 24.3 Å². The number of hydrogen-bond donors (Lipinski definition) is 1. The summed E-state index contributed by atoms with van der Waals surface area (Å²) in [4.78, 5) is 31.7. The molecule has 0 aromatic heterocycles. The van der Waals surface area contributed by atoms with Crippen LogP contribution in [0, 0.1) is 0 Å². The van der Waals surface area contributed by atoms with E-state index in [1.807, 2.05) is 44.2 Å². The topological polar surface area (TPSA) is 74.2 Å². The molecule has 0 spiro atoms. The third-order valence-electron chi connectivity index (χ3n) is 3.45. The zero-order valence-electron chi connectivity index (χ0n) is 15.5. The van der Waals surface area contributed by atoms with E-state index in [4.69, 9.17) is 24.7 Å². The summed E-state index contributed by atoms with van der Waals surface area (Å²) in [5, 5.41) is 8.78. The molecule has 2 aromatic carbocycles. The van der Waals surface area contributed by atoms with Crippen LogP contribution in [0.4, 0.5) is 0 Å². The Labute approximate surface area is 158 Å². The van der Waals surface area contributed by atoms with Crippen LogP contribution >= 0.6 is 0 Å². The van der Waals surface area contributed by atoms with Gasteiger partial charge in [-0.15, -0.1) is 0 Å². The highest BCUT2D eigenvalue weighted by molar-refractivity contribution is 5.85. The largest absolute Gasteiger partial charge is 0.478 e. The highest BCUT2D eigenvalue weighted by atomic mass is 17.2. The molecule has 0 saturated heterocycles. The molecule has 0 aliphatic heterocycles. The minimum Gasteiger partial charge on any atom is -0.478 e. The van der Waals surface area contributed by atoms with Crippen molar-refractivity contribution in [1.82, 2.24) is 0 Å². The Bertz CT molecular complexity index is 769. The molecule has 0 radical (unpaired) electrons. The Hall–Kier alpha value is -2.83. The molecule has 0 atom stereocenters. The second-order valence-electron chi connectivity index (χ2n) is 5.77. The average molecular weight is 372 g/mol. The van der Waals surface area contributed by atoms with E-state index in [0.29, 0.717) is 24.7 Å². The molecular formula is C21H24O6. The zero-order chi connectivity index (χ0) is 19.5. The van der Waals surface area contributed by atoms with E-state index < -0.39 is 5.97 Å². The van der Waals surface area contributed by atoms with Crippen molar-refractivity contribution in [2.45, 2.75) is 26.7 Å². The molecule has 0 bridgehead atoms. The number of aliphatic carboxylic acids is 1. The molecule has 0 aliphatic carbocycles. The van der Waals surface area contributed by atoms with Crippen molar-refractivity contribution < 1.29 is 29.5 Å². The van der Waals surface area contributed by atoms with E-state index in [-0.39, 0.29) is 0 Å².